The van der Waals surface area contributed by atoms with Crippen molar-refractivity contribution in [3.8, 4) is 5.75 Å². The van der Waals surface area contributed by atoms with Gasteiger partial charge in [0.1, 0.15) is 5.75 Å². The zero-order valence-electron chi connectivity index (χ0n) is 12.3. The molecule has 1 aromatic carbocycles. The van der Waals surface area contributed by atoms with Gasteiger partial charge in [-0.1, -0.05) is 19.9 Å². The molecule has 19 heavy (non-hydrogen) atoms. The fourth-order valence-corrected chi connectivity index (χ4v) is 1.25. The lowest BCUT2D eigenvalue weighted by molar-refractivity contribution is -0.0589. The highest BCUT2D eigenvalue weighted by atomic mass is 16.7. The molecule has 1 aromatic rings. The predicted octanol–water partition coefficient (Wildman–Crippen LogP) is 3.18. The molecule has 1 amide bonds. The van der Waals surface area contributed by atoms with E-state index in [1.807, 2.05) is 26.8 Å². The number of hydrogen-bond acceptors (Lipinski definition) is 3. The molecular formula is C15H23NO3. The molecule has 0 saturated carbocycles. The first kappa shape index (κ1) is 15.5. The molecule has 0 aliphatic rings. The average molecular weight is 265 g/mol. The van der Waals surface area contributed by atoms with Crippen LogP contribution in [-0.2, 0) is 4.84 Å². The monoisotopic (exact) mass is 265 g/mol. The number of nitrogens with one attached hydrogen (secondary N) is 1. The summed E-state index contributed by atoms with van der Waals surface area (Å²) < 4.78 is 5.58. The summed E-state index contributed by atoms with van der Waals surface area (Å²) in [4.78, 5) is 17.1. The van der Waals surface area contributed by atoms with Crippen molar-refractivity contribution in [2.75, 3.05) is 6.61 Å². The van der Waals surface area contributed by atoms with Crippen LogP contribution in [0.1, 0.15) is 45.0 Å². The van der Waals surface area contributed by atoms with Crippen LogP contribution in [0.4, 0.5) is 0 Å². The van der Waals surface area contributed by atoms with Crippen LogP contribution in [0.15, 0.2) is 24.3 Å². The van der Waals surface area contributed by atoms with Gasteiger partial charge >= 0.3 is 0 Å². The Labute approximate surface area is 115 Å². The maximum Gasteiger partial charge on any atom is 0.274 e. The Hall–Kier alpha value is -1.55. The minimum Gasteiger partial charge on any atom is -0.493 e. The summed E-state index contributed by atoms with van der Waals surface area (Å²) in [5.74, 6) is 0.865. The summed E-state index contributed by atoms with van der Waals surface area (Å²) in [6.07, 6.45) is 0. The third-order valence-electron chi connectivity index (χ3n) is 2.13. The molecule has 0 aliphatic heterocycles. The van der Waals surface area contributed by atoms with Gasteiger partial charge in [0.2, 0.25) is 0 Å². The standard InChI is InChI=1S/C15H23NO3/c1-11(2)10-18-13-8-6-7-12(9-13)14(17)16-19-15(3,4)5/h6-9,11H,10H2,1-5H3,(H,16,17). The van der Waals surface area contributed by atoms with Gasteiger partial charge < -0.3 is 4.74 Å². The Kier molecular flexibility index (Phi) is 5.36. The van der Waals surface area contributed by atoms with Gasteiger partial charge in [-0.2, -0.15) is 0 Å². The van der Waals surface area contributed by atoms with Crippen molar-refractivity contribution in [2.45, 2.75) is 40.2 Å². The zero-order valence-corrected chi connectivity index (χ0v) is 12.3. The van der Waals surface area contributed by atoms with Crippen LogP contribution >= 0.6 is 0 Å². The normalized spacial score (nSPS) is 11.5. The van der Waals surface area contributed by atoms with E-state index >= 15 is 0 Å². The maximum atomic E-state index is 11.9. The van der Waals surface area contributed by atoms with Crippen LogP contribution in [0.2, 0.25) is 0 Å². The summed E-state index contributed by atoms with van der Waals surface area (Å²) >= 11 is 0. The van der Waals surface area contributed by atoms with Gasteiger partial charge in [0, 0.05) is 5.56 Å². The minimum atomic E-state index is -0.415. The highest BCUT2D eigenvalue weighted by Crippen LogP contribution is 2.14. The molecule has 0 fully saturated rings. The molecule has 1 rings (SSSR count). The lowest BCUT2D eigenvalue weighted by Crippen LogP contribution is -2.33. The van der Waals surface area contributed by atoms with E-state index < -0.39 is 5.60 Å². The first-order chi connectivity index (χ1) is 8.78. The second kappa shape index (κ2) is 6.57. The van der Waals surface area contributed by atoms with Crippen LogP contribution in [0.25, 0.3) is 0 Å². The second-order valence-electron chi connectivity index (χ2n) is 5.88. The van der Waals surface area contributed by atoms with E-state index in [9.17, 15) is 4.79 Å². The zero-order chi connectivity index (χ0) is 14.5. The van der Waals surface area contributed by atoms with E-state index in [0.29, 0.717) is 23.8 Å². The fraction of sp³-hybridized carbons (Fsp3) is 0.533. The molecule has 4 heteroatoms. The minimum absolute atomic E-state index is 0.273. The van der Waals surface area contributed by atoms with Gasteiger partial charge in [-0.15, -0.1) is 0 Å². The van der Waals surface area contributed by atoms with Crippen molar-refractivity contribution in [1.82, 2.24) is 5.48 Å². The number of carbonyl (C=O) groups is 1. The second-order valence-corrected chi connectivity index (χ2v) is 5.88. The molecule has 0 aliphatic carbocycles. The molecule has 0 bridgehead atoms. The summed E-state index contributed by atoms with van der Waals surface area (Å²) in [5, 5.41) is 0. The van der Waals surface area contributed by atoms with Gasteiger partial charge in [0.15, 0.2) is 0 Å². The molecule has 0 unspecified atom stereocenters. The number of benzene rings is 1. The van der Waals surface area contributed by atoms with Gasteiger partial charge in [-0.25, -0.2) is 5.48 Å². The van der Waals surface area contributed by atoms with E-state index in [4.69, 9.17) is 9.57 Å². The third kappa shape index (κ3) is 6.25. The summed E-state index contributed by atoms with van der Waals surface area (Å²) in [6, 6.07) is 7.07. The molecule has 4 nitrogen and oxygen atoms in total. The van der Waals surface area contributed by atoms with Crippen molar-refractivity contribution in [1.29, 1.82) is 0 Å². The van der Waals surface area contributed by atoms with E-state index in [-0.39, 0.29) is 5.91 Å². The smallest absolute Gasteiger partial charge is 0.274 e. The first-order valence-corrected chi connectivity index (χ1v) is 6.49. The third-order valence-corrected chi connectivity index (χ3v) is 2.13. The van der Waals surface area contributed by atoms with Crippen molar-refractivity contribution in [3.63, 3.8) is 0 Å². The van der Waals surface area contributed by atoms with Crippen LogP contribution in [0.3, 0.4) is 0 Å². The Morgan fingerprint density at radius 3 is 2.58 bits per heavy atom. The molecule has 0 spiro atoms. The number of ether oxygens (including phenoxy) is 1. The lowest BCUT2D eigenvalue weighted by Gasteiger charge is -2.19. The highest BCUT2D eigenvalue weighted by Gasteiger charge is 2.14. The van der Waals surface area contributed by atoms with E-state index in [0.717, 1.165) is 0 Å². The van der Waals surface area contributed by atoms with Gasteiger partial charge in [-0.3, -0.25) is 9.63 Å². The first-order valence-electron chi connectivity index (χ1n) is 6.49. The molecular weight excluding hydrogens is 242 g/mol. The number of carbonyl (C=O) groups excluding carboxylic acids is 1. The van der Waals surface area contributed by atoms with Crippen LogP contribution in [0.5, 0.6) is 5.75 Å². The molecule has 106 valence electrons. The molecule has 0 aromatic heterocycles. The molecule has 1 N–H and O–H groups in total. The lowest BCUT2D eigenvalue weighted by atomic mass is 10.2. The number of rotatable bonds is 5. The quantitative estimate of drug-likeness (QED) is 0.832. The van der Waals surface area contributed by atoms with Crippen LogP contribution in [0, 0.1) is 5.92 Å². The number of hydroxylamine groups is 1. The Morgan fingerprint density at radius 1 is 1.32 bits per heavy atom. The van der Waals surface area contributed by atoms with Crippen molar-refractivity contribution in [3.05, 3.63) is 29.8 Å². The summed E-state index contributed by atoms with van der Waals surface area (Å²) in [5.41, 5.74) is 2.54. The Morgan fingerprint density at radius 2 is 2.00 bits per heavy atom. The van der Waals surface area contributed by atoms with Crippen LogP contribution < -0.4 is 10.2 Å². The SMILES string of the molecule is CC(C)COc1cccc(C(=O)NOC(C)(C)C)c1. The molecule has 0 radical (unpaired) electrons. The van der Waals surface area contributed by atoms with Crippen LogP contribution in [-0.4, -0.2) is 18.1 Å². The Balaban J connectivity index is 2.62. The molecule has 0 heterocycles. The maximum absolute atomic E-state index is 11.9. The summed E-state index contributed by atoms with van der Waals surface area (Å²) in [7, 11) is 0. The largest absolute Gasteiger partial charge is 0.493 e. The van der Waals surface area contributed by atoms with E-state index in [1.54, 1.807) is 18.2 Å². The van der Waals surface area contributed by atoms with E-state index in [2.05, 4.69) is 19.3 Å². The average Bonchev–Trinajstić information content (AvgIpc) is 2.33. The van der Waals surface area contributed by atoms with Gasteiger partial charge in [-0.05, 0) is 44.9 Å². The fourth-order valence-electron chi connectivity index (χ4n) is 1.25. The van der Waals surface area contributed by atoms with Crippen molar-refractivity contribution in [2.24, 2.45) is 5.92 Å². The molecule has 0 saturated heterocycles. The van der Waals surface area contributed by atoms with E-state index in [1.165, 1.54) is 0 Å². The topological polar surface area (TPSA) is 47.6 Å². The summed E-state index contributed by atoms with van der Waals surface area (Å²) in [6.45, 7) is 10.4. The van der Waals surface area contributed by atoms with Gasteiger partial charge in [0.25, 0.3) is 5.91 Å². The predicted molar refractivity (Wildman–Crippen MR) is 75.1 cm³/mol. The van der Waals surface area contributed by atoms with Crippen molar-refractivity contribution >= 4 is 5.91 Å². The van der Waals surface area contributed by atoms with Gasteiger partial charge in [0.05, 0.1) is 12.2 Å². The van der Waals surface area contributed by atoms with Crippen molar-refractivity contribution < 1.29 is 14.4 Å². The number of hydrogen-bond donors (Lipinski definition) is 1. The Bertz CT molecular complexity index is 422. The highest BCUT2D eigenvalue weighted by molar-refractivity contribution is 5.93. The number of amides is 1. The molecule has 0 atom stereocenters.